The van der Waals surface area contributed by atoms with Gasteiger partial charge in [-0.2, -0.15) is 5.26 Å². The van der Waals surface area contributed by atoms with E-state index in [0.717, 1.165) is 22.9 Å². The van der Waals surface area contributed by atoms with Crippen molar-refractivity contribution in [3.8, 4) is 6.07 Å². The van der Waals surface area contributed by atoms with Crippen molar-refractivity contribution in [2.24, 2.45) is 5.92 Å². The van der Waals surface area contributed by atoms with Gasteiger partial charge in [0.05, 0.1) is 10.9 Å². The van der Waals surface area contributed by atoms with Crippen LogP contribution in [0.4, 0.5) is 0 Å². The van der Waals surface area contributed by atoms with E-state index >= 15 is 0 Å². The molecule has 0 saturated heterocycles. The number of hydrogen-bond donors (Lipinski definition) is 1. The van der Waals surface area contributed by atoms with E-state index in [1.54, 1.807) is 0 Å². The summed E-state index contributed by atoms with van der Waals surface area (Å²) in [6, 6.07) is 11.8. The molecular formula is C17H18N2OS. The van der Waals surface area contributed by atoms with Gasteiger partial charge in [0, 0.05) is 4.70 Å². The summed E-state index contributed by atoms with van der Waals surface area (Å²) in [5, 5.41) is 13.4. The average Bonchev–Trinajstić information content (AvgIpc) is 2.97. The molecule has 1 saturated carbocycles. The maximum absolute atomic E-state index is 12.4. The Morgan fingerprint density at radius 1 is 1.29 bits per heavy atom. The smallest absolute Gasteiger partial charge is 0.262 e. The van der Waals surface area contributed by atoms with Crippen molar-refractivity contribution in [3.63, 3.8) is 0 Å². The lowest BCUT2D eigenvalue weighted by molar-refractivity contribution is 0.0933. The van der Waals surface area contributed by atoms with E-state index in [9.17, 15) is 10.1 Å². The van der Waals surface area contributed by atoms with Gasteiger partial charge in [0.1, 0.15) is 6.04 Å². The third-order valence-corrected chi connectivity index (χ3v) is 5.31. The number of carbonyl (C=O) groups is 1. The summed E-state index contributed by atoms with van der Waals surface area (Å²) in [6.07, 6.45) is 5.68. The Kier molecular flexibility index (Phi) is 4.21. The van der Waals surface area contributed by atoms with Crippen LogP contribution in [0.1, 0.15) is 41.8 Å². The number of nitrogens with zero attached hydrogens (tertiary/aromatic N) is 1. The number of amides is 1. The molecule has 0 bridgehead atoms. The van der Waals surface area contributed by atoms with Gasteiger partial charge in [0.25, 0.3) is 5.91 Å². The van der Waals surface area contributed by atoms with Gasteiger partial charge in [0.15, 0.2) is 0 Å². The van der Waals surface area contributed by atoms with E-state index in [2.05, 4.69) is 11.4 Å². The van der Waals surface area contributed by atoms with Gasteiger partial charge in [-0.15, -0.1) is 11.3 Å². The molecule has 1 fully saturated rings. The van der Waals surface area contributed by atoms with Crippen LogP contribution >= 0.6 is 11.3 Å². The molecule has 1 N–H and O–H groups in total. The minimum atomic E-state index is -0.358. The second-order valence-electron chi connectivity index (χ2n) is 5.63. The lowest BCUT2D eigenvalue weighted by atomic mass is 9.84. The molecular weight excluding hydrogens is 280 g/mol. The minimum absolute atomic E-state index is 0.117. The predicted octanol–water partition coefficient (Wildman–Crippen LogP) is 4.10. The van der Waals surface area contributed by atoms with E-state index in [1.165, 1.54) is 30.6 Å². The SMILES string of the molecule is N#CC(NC(=O)c1cc2ccccc2s1)C1CCCCC1. The van der Waals surface area contributed by atoms with Crippen molar-refractivity contribution in [2.45, 2.75) is 38.1 Å². The molecule has 2 aromatic rings. The van der Waals surface area contributed by atoms with E-state index in [-0.39, 0.29) is 11.9 Å². The zero-order valence-corrected chi connectivity index (χ0v) is 12.7. The molecule has 1 amide bonds. The normalized spacial score (nSPS) is 17.3. The first-order valence-electron chi connectivity index (χ1n) is 7.47. The molecule has 1 aliphatic rings. The number of fused-ring (bicyclic) bond motifs is 1. The maximum Gasteiger partial charge on any atom is 0.262 e. The zero-order valence-electron chi connectivity index (χ0n) is 11.8. The monoisotopic (exact) mass is 298 g/mol. The number of nitriles is 1. The van der Waals surface area contributed by atoms with E-state index in [4.69, 9.17) is 0 Å². The largest absolute Gasteiger partial charge is 0.335 e. The summed E-state index contributed by atoms with van der Waals surface area (Å²) in [5.74, 6) is 0.190. The van der Waals surface area contributed by atoms with Crippen molar-refractivity contribution in [1.82, 2.24) is 5.32 Å². The quantitative estimate of drug-likeness (QED) is 0.927. The summed E-state index contributed by atoms with van der Waals surface area (Å²) in [6.45, 7) is 0. The fraction of sp³-hybridized carbons (Fsp3) is 0.412. The maximum atomic E-state index is 12.4. The number of carbonyl (C=O) groups excluding carboxylic acids is 1. The summed E-state index contributed by atoms with van der Waals surface area (Å²) in [5.41, 5.74) is 0. The molecule has 21 heavy (non-hydrogen) atoms. The molecule has 0 spiro atoms. The molecule has 0 aliphatic heterocycles. The molecule has 1 heterocycles. The molecule has 1 aliphatic carbocycles. The Morgan fingerprint density at radius 3 is 2.76 bits per heavy atom. The Bertz CT molecular complexity index is 646. The first-order valence-corrected chi connectivity index (χ1v) is 8.28. The summed E-state index contributed by atoms with van der Waals surface area (Å²) >= 11 is 1.48. The number of hydrogen-bond acceptors (Lipinski definition) is 3. The standard InChI is InChI=1S/C17H18N2OS/c18-11-14(12-6-2-1-3-7-12)19-17(20)16-10-13-8-4-5-9-15(13)21-16/h4-5,8-10,12,14H,1-3,6-7H2,(H,19,20). The van der Waals surface area contributed by atoms with Crippen LogP contribution < -0.4 is 5.32 Å². The lowest BCUT2D eigenvalue weighted by Crippen LogP contribution is -2.39. The summed E-state index contributed by atoms with van der Waals surface area (Å²) < 4.78 is 1.11. The molecule has 1 aromatic heterocycles. The highest BCUT2D eigenvalue weighted by Crippen LogP contribution is 2.28. The highest BCUT2D eigenvalue weighted by molar-refractivity contribution is 7.20. The summed E-state index contributed by atoms with van der Waals surface area (Å²) in [4.78, 5) is 13.1. The third kappa shape index (κ3) is 3.08. The number of rotatable bonds is 3. The van der Waals surface area contributed by atoms with E-state index in [1.807, 2.05) is 30.3 Å². The zero-order chi connectivity index (χ0) is 14.7. The number of nitrogens with one attached hydrogen (secondary N) is 1. The second kappa shape index (κ2) is 6.28. The molecule has 1 unspecified atom stereocenters. The van der Waals surface area contributed by atoms with E-state index < -0.39 is 0 Å². The first-order chi connectivity index (χ1) is 10.3. The van der Waals surface area contributed by atoms with Crippen molar-refractivity contribution >= 4 is 27.3 Å². The number of thiophene rings is 1. The van der Waals surface area contributed by atoms with E-state index in [0.29, 0.717) is 10.8 Å². The van der Waals surface area contributed by atoms with Crippen molar-refractivity contribution < 1.29 is 4.79 Å². The van der Waals surface area contributed by atoms with Crippen LogP contribution in [0.25, 0.3) is 10.1 Å². The molecule has 108 valence electrons. The second-order valence-corrected chi connectivity index (χ2v) is 6.71. The van der Waals surface area contributed by atoms with Gasteiger partial charge in [-0.05, 0) is 36.3 Å². The van der Waals surface area contributed by atoms with Gasteiger partial charge in [-0.25, -0.2) is 0 Å². The van der Waals surface area contributed by atoms with Gasteiger partial charge >= 0.3 is 0 Å². The number of benzene rings is 1. The Balaban J connectivity index is 1.73. The van der Waals surface area contributed by atoms with Crippen LogP contribution in [0.15, 0.2) is 30.3 Å². The van der Waals surface area contributed by atoms with Crippen LogP contribution in [0, 0.1) is 17.2 Å². The average molecular weight is 298 g/mol. The fourth-order valence-electron chi connectivity index (χ4n) is 3.03. The molecule has 3 nitrogen and oxygen atoms in total. The van der Waals surface area contributed by atoms with Crippen LogP contribution in [-0.4, -0.2) is 11.9 Å². The lowest BCUT2D eigenvalue weighted by Gasteiger charge is -2.26. The molecule has 1 atom stereocenters. The van der Waals surface area contributed by atoms with Crippen molar-refractivity contribution in [2.75, 3.05) is 0 Å². The molecule has 0 radical (unpaired) electrons. The minimum Gasteiger partial charge on any atom is -0.335 e. The first kappa shape index (κ1) is 14.1. The van der Waals surface area contributed by atoms with Gasteiger partial charge in [-0.3, -0.25) is 4.79 Å². The fourth-order valence-corrected chi connectivity index (χ4v) is 4.00. The highest BCUT2D eigenvalue weighted by atomic mass is 32.1. The topological polar surface area (TPSA) is 52.9 Å². The van der Waals surface area contributed by atoms with Gasteiger partial charge < -0.3 is 5.32 Å². The predicted molar refractivity (Wildman–Crippen MR) is 85.3 cm³/mol. The third-order valence-electron chi connectivity index (χ3n) is 4.20. The summed E-state index contributed by atoms with van der Waals surface area (Å²) in [7, 11) is 0. The molecule has 1 aromatic carbocycles. The Hall–Kier alpha value is -1.86. The molecule has 4 heteroatoms. The highest BCUT2D eigenvalue weighted by Gasteiger charge is 2.25. The van der Waals surface area contributed by atoms with Gasteiger partial charge in [0.2, 0.25) is 0 Å². The van der Waals surface area contributed by atoms with Crippen LogP contribution in [-0.2, 0) is 0 Å². The van der Waals surface area contributed by atoms with Crippen molar-refractivity contribution in [3.05, 3.63) is 35.2 Å². The molecule has 3 rings (SSSR count). The Labute approximate surface area is 128 Å². The van der Waals surface area contributed by atoms with Gasteiger partial charge in [-0.1, -0.05) is 37.5 Å². The van der Waals surface area contributed by atoms with Crippen molar-refractivity contribution in [1.29, 1.82) is 5.26 Å². The Morgan fingerprint density at radius 2 is 2.05 bits per heavy atom. The van der Waals surface area contributed by atoms with Crippen LogP contribution in [0.5, 0.6) is 0 Å². The van der Waals surface area contributed by atoms with Crippen LogP contribution in [0.2, 0.25) is 0 Å². The van der Waals surface area contributed by atoms with Crippen LogP contribution in [0.3, 0.4) is 0 Å².